The van der Waals surface area contributed by atoms with Crippen LogP contribution in [0.1, 0.15) is 15.4 Å². The Morgan fingerprint density at radius 3 is 2.75 bits per heavy atom. The molecule has 2 aromatic rings. The molecule has 0 saturated carbocycles. The highest BCUT2D eigenvalue weighted by Crippen LogP contribution is 2.24. The number of carbonyl (C=O) groups excluding carboxylic acids is 1. The van der Waals surface area contributed by atoms with Gasteiger partial charge in [-0.2, -0.15) is 0 Å². The predicted octanol–water partition coefficient (Wildman–Crippen LogP) is 1.07. The highest BCUT2D eigenvalue weighted by molar-refractivity contribution is 7.16. The molecule has 7 nitrogen and oxygen atoms in total. The molecule has 0 radical (unpaired) electrons. The van der Waals surface area contributed by atoms with E-state index in [4.69, 9.17) is 15.2 Å². The molecule has 0 atom stereocenters. The minimum absolute atomic E-state index is 0.231. The fourth-order valence-electron chi connectivity index (χ4n) is 1.58. The number of anilines is 1. The number of nitrogens with two attached hydrogens (primary N) is 1. The van der Waals surface area contributed by atoms with Gasteiger partial charge in [0.2, 0.25) is 10.1 Å². The number of amides is 1. The van der Waals surface area contributed by atoms with Gasteiger partial charge in [0.05, 0.1) is 14.2 Å². The predicted molar refractivity (Wildman–Crippen MR) is 75.0 cm³/mol. The minimum atomic E-state index is -0.322. The second-order valence-corrected chi connectivity index (χ2v) is 4.82. The lowest BCUT2D eigenvalue weighted by atomic mass is 10.2. The summed E-state index contributed by atoms with van der Waals surface area (Å²) in [6, 6.07) is 5.38. The van der Waals surface area contributed by atoms with Gasteiger partial charge in [-0.25, -0.2) is 0 Å². The van der Waals surface area contributed by atoms with Crippen molar-refractivity contribution in [1.82, 2.24) is 15.5 Å². The van der Waals surface area contributed by atoms with Crippen LogP contribution in [0, 0.1) is 0 Å². The fourth-order valence-corrected chi connectivity index (χ4v) is 2.10. The third-order valence-electron chi connectivity index (χ3n) is 2.57. The topological polar surface area (TPSA) is 99.4 Å². The standard InChI is InChI=1S/C12H14N4O3S/c1-18-8-4-3-7(9(5-8)19-2)6-14-10(17)11-15-16-12(13)20-11/h3-5H,6H2,1-2H3,(H2,13,16)(H,14,17). The van der Waals surface area contributed by atoms with Gasteiger partial charge in [-0.3, -0.25) is 4.79 Å². The maximum atomic E-state index is 11.8. The Morgan fingerprint density at radius 2 is 2.15 bits per heavy atom. The third-order valence-corrected chi connectivity index (χ3v) is 3.32. The summed E-state index contributed by atoms with van der Waals surface area (Å²) in [5.74, 6) is 1.01. The van der Waals surface area contributed by atoms with Crippen molar-refractivity contribution in [2.75, 3.05) is 20.0 Å². The number of ether oxygens (including phenoxy) is 2. The van der Waals surface area contributed by atoms with E-state index >= 15 is 0 Å². The van der Waals surface area contributed by atoms with Crippen molar-refractivity contribution in [2.24, 2.45) is 0 Å². The number of rotatable bonds is 5. The van der Waals surface area contributed by atoms with Crippen LogP contribution < -0.4 is 20.5 Å². The molecule has 2 rings (SSSR count). The van der Waals surface area contributed by atoms with Crippen LogP contribution in [0.15, 0.2) is 18.2 Å². The molecule has 20 heavy (non-hydrogen) atoms. The van der Waals surface area contributed by atoms with Gasteiger partial charge < -0.3 is 20.5 Å². The molecule has 0 aliphatic carbocycles. The highest BCUT2D eigenvalue weighted by Gasteiger charge is 2.12. The number of nitrogens with zero attached hydrogens (tertiary/aromatic N) is 2. The molecule has 106 valence electrons. The molecular formula is C12H14N4O3S. The van der Waals surface area contributed by atoms with Crippen LogP contribution >= 0.6 is 11.3 Å². The zero-order chi connectivity index (χ0) is 14.5. The number of aromatic nitrogens is 2. The molecule has 0 bridgehead atoms. The molecular weight excluding hydrogens is 280 g/mol. The Kier molecular flexibility index (Phi) is 4.36. The van der Waals surface area contributed by atoms with Crippen LogP contribution in [0.4, 0.5) is 5.13 Å². The summed E-state index contributed by atoms with van der Waals surface area (Å²) >= 11 is 1.04. The Bertz CT molecular complexity index is 614. The summed E-state index contributed by atoms with van der Waals surface area (Å²) in [5, 5.41) is 10.5. The smallest absolute Gasteiger partial charge is 0.282 e. The van der Waals surface area contributed by atoms with Gasteiger partial charge in [-0.15, -0.1) is 10.2 Å². The largest absolute Gasteiger partial charge is 0.497 e. The van der Waals surface area contributed by atoms with Gasteiger partial charge in [0.15, 0.2) is 0 Å². The average Bonchev–Trinajstić information content (AvgIpc) is 2.91. The first-order valence-corrected chi connectivity index (χ1v) is 6.53. The van der Waals surface area contributed by atoms with E-state index in [0.717, 1.165) is 16.9 Å². The maximum absolute atomic E-state index is 11.8. The van der Waals surface area contributed by atoms with E-state index in [1.165, 1.54) is 0 Å². The van der Waals surface area contributed by atoms with Crippen molar-refractivity contribution in [2.45, 2.75) is 6.54 Å². The van der Waals surface area contributed by atoms with Crippen molar-refractivity contribution < 1.29 is 14.3 Å². The fraction of sp³-hybridized carbons (Fsp3) is 0.250. The van der Waals surface area contributed by atoms with E-state index < -0.39 is 0 Å². The van der Waals surface area contributed by atoms with Crippen molar-refractivity contribution in [1.29, 1.82) is 0 Å². The average molecular weight is 294 g/mol. The summed E-state index contributed by atoms with van der Waals surface area (Å²) < 4.78 is 10.4. The second-order valence-electron chi connectivity index (χ2n) is 3.81. The SMILES string of the molecule is COc1ccc(CNC(=O)c2nnc(N)s2)c(OC)c1. The van der Waals surface area contributed by atoms with Crippen LogP contribution in [0.2, 0.25) is 0 Å². The summed E-state index contributed by atoms with van der Waals surface area (Å²) in [6.07, 6.45) is 0. The van der Waals surface area contributed by atoms with Crippen molar-refractivity contribution in [3.8, 4) is 11.5 Å². The number of carbonyl (C=O) groups is 1. The Morgan fingerprint density at radius 1 is 1.35 bits per heavy atom. The Hall–Kier alpha value is -2.35. The molecule has 0 aliphatic rings. The number of hydrogen-bond donors (Lipinski definition) is 2. The van der Waals surface area contributed by atoms with E-state index in [1.807, 2.05) is 6.07 Å². The van der Waals surface area contributed by atoms with Crippen molar-refractivity contribution in [3.63, 3.8) is 0 Å². The van der Waals surface area contributed by atoms with Gasteiger partial charge in [-0.1, -0.05) is 11.3 Å². The number of hydrogen-bond acceptors (Lipinski definition) is 7. The van der Waals surface area contributed by atoms with Crippen LogP contribution in [-0.4, -0.2) is 30.3 Å². The highest BCUT2D eigenvalue weighted by atomic mass is 32.1. The van der Waals surface area contributed by atoms with Gasteiger partial charge in [-0.05, 0) is 12.1 Å². The van der Waals surface area contributed by atoms with E-state index in [1.54, 1.807) is 26.4 Å². The van der Waals surface area contributed by atoms with Crippen LogP contribution in [0.5, 0.6) is 11.5 Å². The summed E-state index contributed by atoms with van der Waals surface area (Å²) in [6.45, 7) is 0.311. The maximum Gasteiger partial charge on any atom is 0.282 e. The number of nitrogens with one attached hydrogen (secondary N) is 1. The molecule has 1 aromatic carbocycles. The lowest BCUT2D eigenvalue weighted by Gasteiger charge is -2.10. The van der Waals surface area contributed by atoms with Crippen LogP contribution in [0.3, 0.4) is 0 Å². The summed E-state index contributed by atoms with van der Waals surface area (Å²) in [7, 11) is 3.14. The van der Waals surface area contributed by atoms with Gasteiger partial charge in [0, 0.05) is 18.2 Å². The number of benzene rings is 1. The Labute approximate surface area is 119 Å². The van der Waals surface area contributed by atoms with Gasteiger partial charge >= 0.3 is 0 Å². The van der Waals surface area contributed by atoms with Crippen LogP contribution in [-0.2, 0) is 6.54 Å². The quantitative estimate of drug-likeness (QED) is 0.855. The van der Waals surface area contributed by atoms with Crippen LogP contribution in [0.25, 0.3) is 0 Å². The third kappa shape index (κ3) is 3.15. The molecule has 0 fully saturated rings. The lowest BCUT2D eigenvalue weighted by Crippen LogP contribution is -2.22. The second kappa shape index (κ2) is 6.20. The lowest BCUT2D eigenvalue weighted by molar-refractivity contribution is 0.0949. The molecule has 0 aliphatic heterocycles. The molecule has 8 heteroatoms. The molecule has 0 saturated heterocycles. The zero-order valence-electron chi connectivity index (χ0n) is 11.0. The molecule has 0 unspecified atom stereocenters. The minimum Gasteiger partial charge on any atom is -0.497 e. The van der Waals surface area contributed by atoms with Gasteiger partial charge in [0.1, 0.15) is 11.5 Å². The number of methoxy groups -OCH3 is 2. The summed E-state index contributed by atoms with van der Waals surface area (Å²) in [4.78, 5) is 11.8. The first kappa shape index (κ1) is 14.1. The monoisotopic (exact) mass is 294 g/mol. The van der Waals surface area contributed by atoms with Gasteiger partial charge in [0.25, 0.3) is 5.91 Å². The molecule has 1 heterocycles. The van der Waals surface area contributed by atoms with Crippen molar-refractivity contribution >= 4 is 22.4 Å². The Balaban J connectivity index is 2.05. The van der Waals surface area contributed by atoms with Crippen molar-refractivity contribution in [3.05, 3.63) is 28.8 Å². The molecule has 3 N–H and O–H groups in total. The number of nitrogen functional groups attached to an aromatic ring is 1. The summed E-state index contributed by atoms with van der Waals surface area (Å²) in [5.41, 5.74) is 6.26. The molecule has 0 spiro atoms. The zero-order valence-corrected chi connectivity index (χ0v) is 11.9. The van der Waals surface area contributed by atoms with E-state index in [9.17, 15) is 4.79 Å². The molecule has 1 aromatic heterocycles. The molecule has 1 amide bonds. The normalized spacial score (nSPS) is 10.1. The van der Waals surface area contributed by atoms with E-state index in [-0.39, 0.29) is 16.0 Å². The first-order chi connectivity index (χ1) is 9.63. The first-order valence-electron chi connectivity index (χ1n) is 5.72. The van der Waals surface area contributed by atoms with E-state index in [0.29, 0.717) is 18.0 Å². The van der Waals surface area contributed by atoms with E-state index in [2.05, 4.69) is 15.5 Å².